The van der Waals surface area contributed by atoms with E-state index >= 15 is 0 Å². The van der Waals surface area contributed by atoms with Crippen LogP contribution in [0.5, 0.6) is 11.5 Å². The molecule has 0 spiro atoms. The van der Waals surface area contributed by atoms with Crippen LogP contribution in [-0.2, 0) is 13.2 Å². The zero-order valence-electron chi connectivity index (χ0n) is 9.85. The molecule has 0 radical (unpaired) electrons. The number of hydrogen-bond acceptors (Lipinski definition) is 4. The molecule has 1 aromatic carbocycles. The van der Waals surface area contributed by atoms with E-state index in [1.165, 1.54) is 0 Å². The van der Waals surface area contributed by atoms with Crippen molar-refractivity contribution >= 4 is 15.9 Å². The summed E-state index contributed by atoms with van der Waals surface area (Å²) >= 11 is 3.23. The van der Waals surface area contributed by atoms with Gasteiger partial charge in [0.25, 0.3) is 0 Å². The maximum Gasteiger partial charge on any atom is 0.169 e. The number of aliphatic hydroxyl groups excluding tert-OH is 1. The summed E-state index contributed by atoms with van der Waals surface area (Å²) in [6.45, 7) is 0.294. The predicted molar refractivity (Wildman–Crippen MR) is 69.7 cm³/mol. The van der Waals surface area contributed by atoms with Crippen molar-refractivity contribution in [2.45, 2.75) is 13.2 Å². The zero-order chi connectivity index (χ0) is 13.0. The Hall–Kier alpha value is -1.46. The minimum Gasteiger partial charge on any atom is -0.493 e. The Morgan fingerprint density at radius 2 is 2.06 bits per heavy atom. The highest BCUT2D eigenvalue weighted by atomic mass is 79.9. The lowest BCUT2D eigenvalue weighted by Crippen LogP contribution is -1.97. The number of rotatable bonds is 5. The van der Waals surface area contributed by atoms with Crippen molar-refractivity contribution in [3.8, 4) is 11.5 Å². The standard InChI is InChI=1S/C13H13BrO4/c1-16-12-6-9(7-15)2-4-11(12)17-8-10-3-5-13(14)18-10/h2-6,15H,7-8H2,1H3. The molecule has 0 amide bonds. The summed E-state index contributed by atoms with van der Waals surface area (Å²) in [4.78, 5) is 0. The highest BCUT2D eigenvalue weighted by molar-refractivity contribution is 9.10. The van der Waals surface area contributed by atoms with Crippen LogP contribution in [0, 0.1) is 0 Å². The highest BCUT2D eigenvalue weighted by Gasteiger charge is 2.07. The van der Waals surface area contributed by atoms with Crippen LogP contribution in [0.15, 0.2) is 39.4 Å². The SMILES string of the molecule is COc1cc(CO)ccc1OCc1ccc(Br)o1. The number of furan rings is 1. The maximum atomic E-state index is 9.04. The molecular weight excluding hydrogens is 300 g/mol. The van der Waals surface area contributed by atoms with Gasteiger partial charge in [-0.05, 0) is 45.8 Å². The van der Waals surface area contributed by atoms with Gasteiger partial charge >= 0.3 is 0 Å². The summed E-state index contributed by atoms with van der Waals surface area (Å²) in [6, 6.07) is 8.94. The molecule has 0 unspecified atom stereocenters. The van der Waals surface area contributed by atoms with Gasteiger partial charge in [0.15, 0.2) is 16.2 Å². The Morgan fingerprint density at radius 1 is 1.22 bits per heavy atom. The van der Waals surface area contributed by atoms with Gasteiger partial charge in [0.05, 0.1) is 13.7 Å². The average Bonchev–Trinajstić information content (AvgIpc) is 2.82. The number of hydrogen-bond donors (Lipinski definition) is 1. The average molecular weight is 313 g/mol. The van der Waals surface area contributed by atoms with E-state index < -0.39 is 0 Å². The molecule has 96 valence electrons. The van der Waals surface area contributed by atoms with Gasteiger partial charge < -0.3 is 19.0 Å². The normalized spacial score (nSPS) is 10.4. The molecule has 0 saturated carbocycles. The first-order valence-electron chi connectivity index (χ1n) is 5.37. The molecule has 0 bridgehead atoms. The van der Waals surface area contributed by atoms with Gasteiger partial charge in [-0.15, -0.1) is 0 Å². The summed E-state index contributed by atoms with van der Waals surface area (Å²) in [5.41, 5.74) is 0.778. The fourth-order valence-electron chi connectivity index (χ4n) is 1.51. The monoisotopic (exact) mass is 312 g/mol. The second kappa shape index (κ2) is 5.93. The van der Waals surface area contributed by atoms with Crippen LogP contribution >= 0.6 is 15.9 Å². The molecule has 1 heterocycles. The molecule has 1 N–H and O–H groups in total. The number of methoxy groups -OCH3 is 1. The van der Waals surface area contributed by atoms with Crippen LogP contribution in [0.25, 0.3) is 0 Å². The largest absolute Gasteiger partial charge is 0.493 e. The fraction of sp³-hybridized carbons (Fsp3) is 0.231. The van der Waals surface area contributed by atoms with Gasteiger partial charge in [0, 0.05) is 0 Å². The third-order valence-electron chi connectivity index (χ3n) is 2.41. The molecule has 5 heteroatoms. The quantitative estimate of drug-likeness (QED) is 0.921. The van der Waals surface area contributed by atoms with E-state index in [0.717, 1.165) is 11.3 Å². The summed E-state index contributed by atoms with van der Waals surface area (Å²) in [5, 5.41) is 9.04. The van der Waals surface area contributed by atoms with Crippen LogP contribution in [0.3, 0.4) is 0 Å². The summed E-state index contributed by atoms with van der Waals surface area (Å²) in [5.74, 6) is 1.92. The smallest absolute Gasteiger partial charge is 0.169 e. The molecule has 18 heavy (non-hydrogen) atoms. The fourth-order valence-corrected chi connectivity index (χ4v) is 1.85. The van der Waals surface area contributed by atoms with Crippen LogP contribution in [0.4, 0.5) is 0 Å². The van der Waals surface area contributed by atoms with Crippen molar-refractivity contribution in [3.05, 3.63) is 46.3 Å². The van der Waals surface area contributed by atoms with E-state index in [0.29, 0.717) is 22.8 Å². The van der Waals surface area contributed by atoms with Gasteiger partial charge in [0.1, 0.15) is 12.4 Å². The molecule has 0 saturated heterocycles. The summed E-state index contributed by atoms with van der Waals surface area (Å²) < 4.78 is 16.8. The number of aliphatic hydroxyl groups is 1. The van der Waals surface area contributed by atoms with Crippen molar-refractivity contribution in [1.29, 1.82) is 0 Å². The molecule has 0 aliphatic rings. The van der Waals surface area contributed by atoms with Crippen molar-refractivity contribution in [1.82, 2.24) is 0 Å². The van der Waals surface area contributed by atoms with Gasteiger partial charge in [0.2, 0.25) is 0 Å². The second-order valence-corrected chi connectivity index (χ2v) is 4.42. The first kappa shape index (κ1) is 13.0. The molecule has 0 fully saturated rings. The molecule has 1 aromatic heterocycles. The van der Waals surface area contributed by atoms with Crippen molar-refractivity contribution in [2.24, 2.45) is 0 Å². The van der Waals surface area contributed by atoms with Crippen LogP contribution in [0.2, 0.25) is 0 Å². The molecular formula is C13H13BrO4. The van der Waals surface area contributed by atoms with E-state index in [-0.39, 0.29) is 6.61 Å². The van der Waals surface area contributed by atoms with Gasteiger partial charge in [-0.25, -0.2) is 0 Å². The van der Waals surface area contributed by atoms with E-state index in [1.54, 1.807) is 25.3 Å². The first-order chi connectivity index (χ1) is 8.72. The third-order valence-corrected chi connectivity index (χ3v) is 2.84. The minimum absolute atomic E-state index is 0.0260. The Balaban J connectivity index is 2.08. The first-order valence-corrected chi connectivity index (χ1v) is 6.17. The van der Waals surface area contributed by atoms with Crippen molar-refractivity contribution in [2.75, 3.05) is 7.11 Å². The van der Waals surface area contributed by atoms with Gasteiger partial charge in [-0.3, -0.25) is 0 Å². The van der Waals surface area contributed by atoms with E-state index in [2.05, 4.69) is 15.9 Å². The summed E-state index contributed by atoms with van der Waals surface area (Å²) in [6.07, 6.45) is 0. The predicted octanol–water partition coefficient (Wildman–Crippen LogP) is 3.12. The lowest BCUT2D eigenvalue weighted by atomic mass is 10.2. The lowest BCUT2D eigenvalue weighted by molar-refractivity contribution is 0.252. The Morgan fingerprint density at radius 3 is 2.67 bits per heavy atom. The molecule has 2 rings (SSSR count). The zero-order valence-corrected chi connectivity index (χ0v) is 11.4. The molecule has 2 aromatic rings. The van der Waals surface area contributed by atoms with E-state index in [1.807, 2.05) is 12.1 Å². The lowest BCUT2D eigenvalue weighted by Gasteiger charge is -2.10. The second-order valence-electron chi connectivity index (χ2n) is 3.64. The number of benzene rings is 1. The van der Waals surface area contributed by atoms with Gasteiger partial charge in [-0.1, -0.05) is 6.07 Å². The van der Waals surface area contributed by atoms with Crippen LogP contribution < -0.4 is 9.47 Å². The third kappa shape index (κ3) is 3.05. The van der Waals surface area contributed by atoms with Crippen LogP contribution in [0.1, 0.15) is 11.3 Å². The van der Waals surface area contributed by atoms with Crippen molar-refractivity contribution in [3.63, 3.8) is 0 Å². The topological polar surface area (TPSA) is 51.8 Å². The van der Waals surface area contributed by atoms with E-state index in [4.69, 9.17) is 19.0 Å². The maximum absolute atomic E-state index is 9.04. The summed E-state index contributed by atoms with van der Waals surface area (Å²) in [7, 11) is 1.56. The number of ether oxygens (including phenoxy) is 2. The minimum atomic E-state index is -0.0260. The Labute approximate surface area is 113 Å². The molecule has 0 atom stereocenters. The van der Waals surface area contributed by atoms with Gasteiger partial charge in [-0.2, -0.15) is 0 Å². The van der Waals surface area contributed by atoms with E-state index in [9.17, 15) is 0 Å². The molecule has 0 aliphatic carbocycles. The number of halogens is 1. The Bertz CT molecular complexity index is 521. The van der Waals surface area contributed by atoms with Crippen LogP contribution in [-0.4, -0.2) is 12.2 Å². The molecule has 4 nitrogen and oxygen atoms in total. The Kier molecular flexibility index (Phi) is 4.28. The molecule has 0 aliphatic heterocycles. The van der Waals surface area contributed by atoms with Crippen molar-refractivity contribution < 1.29 is 19.0 Å². The highest BCUT2D eigenvalue weighted by Crippen LogP contribution is 2.29.